The maximum absolute atomic E-state index is 12.3. The molecular weight excluding hydrogens is 390 g/mol. The second-order valence-corrected chi connectivity index (χ2v) is 7.09. The van der Waals surface area contributed by atoms with Crippen LogP contribution in [0.5, 0.6) is 0 Å². The normalized spacial score (nSPS) is 12.3. The first-order valence-corrected chi connectivity index (χ1v) is 9.14. The van der Waals surface area contributed by atoms with E-state index in [1.54, 1.807) is 0 Å². The molecule has 1 aromatic rings. The zero-order valence-corrected chi connectivity index (χ0v) is 15.5. The van der Waals surface area contributed by atoms with E-state index in [9.17, 15) is 22.8 Å². The largest absolute Gasteiger partial charge is 0.480 e. The van der Waals surface area contributed by atoms with Crippen LogP contribution < -0.4 is 15.8 Å². The number of anilines is 1. The number of carboxylic acids is 1. The molecule has 0 spiro atoms. The number of aliphatic carboxylic acids is 1. The van der Waals surface area contributed by atoms with Gasteiger partial charge in [-0.1, -0.05) is 11.6 Å². The molecule has 0 aliphatic rings. The summed E-state index contributed by atoms with van der Waals surface area (Å²) < 4.78 is 28.4. The molecule has 5 N–H and O–H groups in total. The van der Waals surface area contributed by atoms with Gasteiger partial charge in [-0.25, -0.2) is 18.4 Å². The molecule has 0 bridgehead atoms. The quantitative estimate of drug-likeness (QED) is 0.527. The summed E-state index contributed by atoms with van der Waals surface area (Å²) in [6.45, 7) is 1.97. The number of rotatable bonds is 7. The maximum atomic E-state index is 12.3. The predicted octanol–water partition coefficient (Wildman–Crippen LogP) is -0.0711. The monoisotopic (exact) mass is 407 g/mol. The summed E-state index contributed by atoms with van der Waals surface area (Å²) in [4.78, 5) is 35.4. The lowest BCUT2D eigenvalue weighted by molar-refractivity contribution is -0.136. The van der Waals surface area contributed by atoms with Crippen LogP contribution in [0.2, 0.25) is 5.02 Å². The highest BCUT2D eigenvalue weighted by molar-refractivity contribution is 7.89. The van der Waals surface area contributed by atoms with Crippen molar-refractivity contribution in [3.05, 3.63) is 22.7 Å². The van der Waals surface area contributed by atoms with Crippen molar-refractivity contribution in [2.75, 3.05) is 18.1 Å². The first-order valence-electron chi connectivity index (χ1n) is 7.22. The number of esters is 1. The summed E-state index contributed by atoms with van der Waals surface area (Å²) >= 11 is 6.04. The smallest absolute Gasteiger partial charge is 0.338 e. The van der Waals surface area contributed by atoms with Gasteiger partial charge in [0, 0.05) is 0 Å². The van der Waals surface area contributed by atoms with Crippen LogP contribution in [0, 0.1) is 0 Å². The summed E-state index contributed by atoms with van der Waals surface area (Å²) in [6, 6.07) is 0.807. The van der Waals surface area contributed by atoms with Gasteiger partial charge < -0.3 is 15.6 Å². The molecule has 1 aromatic carbocycles. The van der Waals surface area contributed by atoms with Crippen LogP contribution in [0.3, 0.4) is 0 Å². The minimum Gasteiger partial charge on any atom is -0.480 e. The Morgan fingerprint density at radius 2 is 1.92 bits per heavy atom. The number of benzene rings is 1. The van der Waals surface area contributed by atoms with Gasteiger partial charge in [0.2, 0.25) is 15.9 Å². The van der Waals surface area contributed by atoms with E-state index < -0.39 is 50.4 Å². The van der Waals surface area contributed by atoms with Crippen molar-refractivity contribution < 1.29 is 32.6 Å². The van der Waals surface area contributed by atoms with Gasteiger partial charge in [-0.3, -0.25) is 14.5 Å². The van der Waals surface area contributed by atoms with Crippen molar-refractivity contribution in [2.45, 2.75) is 24.8 Å². The minimum absolute atomic E-state index is 0.000887. The first-order chi connectivity index (χ1) is 11.9. The molecule has 0 aromatic heterocycles. The van der Waals surface area contributed by atoms with Crippen LogP contribution in [0.15, 0.2) is 17.0 Å². The summed E-state index contributed by atoms with van der Waals surface area (Å²) in [5.41, 5.74) is 4.89. The van der Waals surface area contributed by atoms with Crippen molar-refractivity contribution in [1.82, 2.24) is 0 Å². The van der Waals surface area contributed by atoms with E-state index in [-0.39, 0.29) is 17.9 Å². The average Bonchev–Trinajstić information content (AvgIpc) is 2.51. The Kier molecular flexibility index (Phi) is 7.09. The molecule has 0 radical (unpaired) electrons. The number of hydrogen-bond donors (Lipinski definition) is 3. The highest BCUT2D eigenvalue weighted by Crippen LogP contribution is 2.34. The molecule has 0 heterocycles. The highest BCUT2D eigenvalue weighted by atomic mass is 35.5. The van der Waals surface area contributed by atoms with Crippen molar-refractivity contribution in [1.29, 1.82) is 0 Å². The molecule has 0 unspecified atom stereocenters. The predicted molar refractivity (Wildman–Crippen MR) is 92.4 cm³/mol. The lowest BCUT2D eigenvalue weighted by Gasteiger charge is -2.25. The molecule has 0 saturated heterocycles. The topological polar surface area (TPSA) is 170 Å². The van der Waals surface area contributed by atoms with Crippen molar-refractivity contribution in [3.8, 4) is 0 Å². The number of carbonyl (C=O) groups is 3. The van der Waals surface area contributed by atoms with Crippen molar-refractivity contribution >= 4 is 45.2 Å². The van der Waals surface area contributed by atoms with Gasteiger partial charge in [0.25, 0.3) is 0 Å². The van der Waals surface area contributed by atoms with Crippen molar-refractivity contribution in [3.63, 3.8) is 0 Å². The summed E-state index contributed by atoms with van der Waals surface area (Å²) in [6.07, 6.45) is 0. The van der Waals surface area contributed by atoms with Crippen molar-refractivity contribution in [2.24, 2.45) is 10.9 Å². The fourth-order valence-corrected chi connectivity index (χ4v) is 3.16. The molecule has 144 valence electrons. The maximum Gasteiger partial charge on any atom is 0.338 e. The van der Waals surface area contributed by atoms with E-state index >= 15 is 0 Å². The third-order valence-corrected chi connectivity index (χ3v) is 4.52. The lowest BCUT2D eigenvalue weighted by atomic mass is 10.1. The second-order valence-electron chi connectivity index (χ2n) is 5.18. The Hall–Kier alpha value is -2.21. The van der Waals surface area contributed by atoms with E-state index in [0.29, 0.717) is 4.90 Å². The third kappa shape index (κ3) is 5.14. The van der Waals surface area contributed by atoms with E-state index in [0.717, 1.165) is 12.1 Å². The molecule has 12 heteroatoms. The Balaban J connectivity index is 3.74. The third-order valence-electron chi connectivity index (χ3n) is 3.08. The second kappa shape index (κ2) is 8.45. The van der Waals surface area contributed by atoms with Crippen LogP contribution in [-0.4, -0.2) is 50.6 Å². The number of nitrogens with two attached hydrogens (primary N) is 2. The van der Waals surface area contributed by atoms with Gasteiger partial charge in [0.1, 0.15) is 11.4 Å². The average molecular weight is 408 g/mol. The van der Waals surface area contributed by atoms with Crippen LogP contribution in [0.25, 0.3) is 0 Å². The molecule has 10 nitrogen and oxygen atoms in total. The summed E-state index contributed by atoms with van der Waals surface area (Å²) in [5, 5.41) is 13.6. The molecule has 1 amide bonds. The number of carbonyl (C=O) groups excluding carboxylic acids is 2. The molecule has 0 saturated carbocycles. The minimum atomic E-state index is -4.39. The number of hydrogen-bond acceptors (Lipinski definition) is 7. The number of nitrogens with zero attached hydrogens (tertiary/aromatic N) is 1. The van der Waals surface area contributed by atoms with E-state index in [4.69, 9.17) is 32.3 Å². The van der Waals surface area contributed by atoms with Gasteiger partial charge in [0.05, 0.1) is 28.9 Å². The highest BCUT2D eigenvalue weighted by Gasteiger charge is 2.29. The van der Waals surface area contributed by atoms with Gasteiger partial charge >= 0.3 is 11.9 Å². The molecule has 26 heavy (non-hydrogen) atoms. The van der Waals surface area contributed by atoms with Crippen LogP contribution in [0.4, 0.5) is 5.69 Å². The molecule has 0 fully saturated rings. The molecule has 1 rings (SSSR count). The Labute approximate surface area is 154 Å². The van der Waals surface area contributed by atoms with E-state index in [2.05, 4.69) is 0 Å². The van der Waals surface area contributed by atoms with Gasteiger partial charge in [-0.2, -0.15) is 0 Å². The number of ether oxygens (including phenoxy) is 1. The fourth-order valence-electron chi connectivity index (χ4n) is 1.98. The molecular formula is C14H18ClN3O7S. The zero-order valence-electron chi connectivity index (χ0n) is 13.9. The summed E-state index contributed by atoms with van der Waals surface area (Å²) in [7, 11) is -4.39. The van der Waals surface area contributed by atoms with Gasteiger partial charge in [-0.05, 0) is 26.0 Å². The van der Waals surface area contributed by atoms with Crippen LogP contribution >= 0.6 is 11.6 Å². The van der Waals surface area contributed by atoms with Crippen LogP contribution in [-0.2, 0) is 24.3 Å². The van der Waals surface area contributed by atoms with Gasteiger partial charge in [-0.15, -0.1) is 0 Å². The Morgan fingerprint density at radius 1 is 1.35 bits per heavy atom. The first kappa shape index (κ1) is 21.8. The Morgan fingerprint density at radius 3 is 2.35 bits per heavy atom. The van der Waals surface area contributed by atoms with E-state index in [1.165, 1.54) is 13.8 Å². The lowest BCUT2D eigenvalue weighted by Crippen LogP contribution is -2.45. The Bertz CT molecular complexity index is 839. The number of amides is 1. The summed E-state index contributed by atoms with van der Waals surface area (Å²) in [5.74, 6) is -3.16. The van der Waals surface area contributed by atoms with Crippen LogP contribution in [0.1, 0.15) is 24.2 Å². The fraction of sp³-hybridized carbons (Fsp3) is 0.357. The molecule has 0 aliphatic heterocycles. The number of carboxylic acid groups (broad SMARTS) is 1. The van der Waals surface area contributed by atoms with Gasteiger partial charge in [0.15, 0.2) is 0 Å². The number of primary sulfonamides is 1. The number of sulfonamides is 1. The molecule has 0 aliphatic carbocycles. The zero-order chi connectivity index (χ0) is 20.2. The standard InChI is InChI=1S/C14H18ClN3O7S/c1-3-25-14(22)8-4-9(12(15)10(5-8)26(17,23)24)18(6-11(19)20)13(21)7(2)16/h4-5,7H,3,6,16H2,1-2H3,(H,19,20)(H2,17,23,24)/t7-/m0/s1. The number of halogens is 1. The van der Waals surface area contributed by atoms with E-state index in [1.807, 2.05) is 0 Å². The SMILES string of the molecule is CCOC(=O)c1cc(N(CC(=O)O)C(=O)[C@H](C)N)c(Cl)c(S(N)(=O)=O)c1. The molecule has 1 atom stereocenters.